The third-order valence-electron chi connectivity index (χ3n) is 4.74. The molecule has 1 N–H and O–H groups in total. The molecule has 0 amide bonds. The van der Waals surface area contributed by atoms with Gasteiger partial charge in [-0.15, -0.1) is 0 Å². The molecule has 0 fully saturated rings. The van der Waals surface area contributed by atoms with Gasteiger partial charge >= 0.3 is 0 Å². The molecule has 1 aliphatic heterocycles. The lowest BCUT2D eigenvalue weighted by molar-refractivity contribution is 0.379. The van der Waals surface area contributed by atoms with Crippen molar-refractivity contribution in [2.75, 3.05) is 6.54 Å². The van der Waals surface area contributed by atoms with Crippen LogP contribution in [0.2, 0.25) is 0 Å². The maximum Gasteiger partial charge on any atom is 0.244 e. The predicted molar refractivity (Wildman–Crippen MR) is 91.2 cm³/mol. The monoisotopic (exact) mass is 351 g/mol. The molecule has 3 heterocycles. The molecule has 132 valence electrons. The van der Waals surface area contributed by atoms with Crippen molar-refractivity contribution < 1.29 is 8.42 Å². The summed E-state index contributed by atoms with van der Waals surface area (Å²) in [6.07, 6.45) is 6.79. The van der Waals surface area contributed by atoms with E-state index in [1.54, 1.807) is 17.9 Å². The van der Waals surface area contributed by atoms with Crippen molar-refractivity contribution >= 4 is 10.0 Å². The summed E-state index contributed by atoms with van der Waals surface area (Å²) in [4.78, 5) is 4.71. The van der Waals surface area contributed by atoms with Crippen LogP contribution in [0.3, 0.4) is 0 Å². The van der Waals surface area contributed by atoms with Crippen molar-refractivity contribution in [1.29, 1.82) is 0 Å². The van der Waals surface area contributed by atoms with Gasteiger partial charge in [0, 0.05) is 39.0 Å². The molecule has 2 aromatic rings. The molecule has 0 aliphatic carbocycles. The van der Waals surface area contributed by atoms with Gasteiger partial charge in [-0.05, 0) is 25.2 Å². The van der Waals surface area contributed by atoms with E-state index >= 15 is 0 Å². The summed E-state index contributed by atoms with van der Waals surface area (Å²) in [6, 6.07) is 0. The zero-order valence-corrected chi connectivity index (χ0v) is 15.3. The zero-order chi connectivity index (χ0) is 17.3. The molecule has 24 heavy (non-hydrogen) atoms. The van der Waals surface area contributed by atoms with Gasteiger partial charge in [-0.2, -0.15) is 5.10 Å². The van der Waals surface area contributed by atoms with Crippen LogP contribution in [0.15, 0.2) is 17.3 Å². The summed E-state index contributed by atoms with van der Waals surface area (Å²) in [5, 5.41) is 4.37. The highest BCUT2D eigenvalue weighted by atomic mass is 32.2. The number of aromatic nitrogens is 4. The molecule has 8 heteroatoms. The molecule has 0 unspecified atom stereocenters. The number of aryl methyl sites for hydroxylation is 3. The first-order chi connectivity index (χ1) is 11.5. The molecule has 2 aromatic heterocycles. The van der Waals surface area contributed by atoms with Gasteiger partial charge < -0.3 is 4.57 Å². The van der Waals surface area contributed by atoms with E-state index in [9.17, 15) is 8.42 Å². The first-order valence-corrected chi connectivity index (χ1v) is 9.99. The number of sulfonamides is 1. The summed E-state index contributed by atoms with van der Waals surface area (Å²) >= 11 is 0. The summed E-state index contributed by atoms with van der Waals surface area (Å²) < 4.78 is 32.3. The molecule has 3 rings (SSSR count). The van der Waals surface area contributed by atoms with E-state index in [1.165, 1.54) is 0 Å². The highest BCUT2D eigenvalue weighted by Gasteiger charge is 2.28. The predicted octanol–water partition coefficient (Wildman–Crippen LogP) is 1.28. The average Bonchev–Trinajstić information content (AvgIpc) is 3.16. The van der Waals surface area contributed by atoms with E-state index in [4.69, 9.17) is 0 Å². The molecular formula is C16H25N5O2S. The van der Waals surface area contributed by atoms with Crippen LogP contribution in [0.5, 0.6) is 0 Å². The molecule has 0 radical (unpaired) electrons. The van der Waals surface area contributed by atoms with Crippen LogP contribution in [-0.2, 0) is 42.9 Å². The molecule has 0 saturated heterocycles. The van der Waals surface area contributed by atoms with Gasteiger partial charge in [0.15, 0.2) is 0 Å². The van der Waals surface area contributed by atoms with Crippen molar-refractivity contribution in [3.05, 3.63) is 29.6 Å². The Labute approximate surface area is 143 Å². The smallest absolute Gasteiger partial charge is 0.244 e. The Morgan fingerprint density at radius 2 is 2.12 bits per heavy atom. The van der Waals surface area contributed by atoms with E-state index in [-0.39, 0.29) is 5.92 Å². The van der Waals surface area contributed by atoms with Crippen molar-refractivity contribution in [3.8, 4) is 0 Å². The van der Waals surface area contributed by atoms with Gasteiger partial charge in [0.05, 0.1) is 11.4 Å². The van der Waals surface area contributed by atoms with Crippen LogP contribution in [0.4, 0.5) is 0 Å². The molecule has 0 bridgehead atoms. The zero-order valence-electron chi connectivity index (χ0n) is 14.5. The van der Waals surface area contributed by atoms with Crippen molar-refractivity contribution in [2.45, 2.75) is 51.0 Å². The van der Waals surface area contributed by atoms with Crippen molar-refractivity contribution in [3.63, 3.8) is 0 Å². The van der Waals surface area contributed by atoms with Gasteiger partial charge in [0.2, 0.25) is 10.0 Å². The van der Waals surface area contributed by atoms with E-state index in [0.29, 0.717) is 30.0 Å². The van der Waals surface area contributed by atoms with Crippen molar-refractivity contribution in [2.24, 2.45) is 13.0 Å². The highest BCUT2D eigenvalue weighted by molar-refractivity contribution is 7.89. The molecule has 1 atom stereocenters. The Balaban J connectivity index is 1.76. The molecule has 7 nitrogen and oxygen atoms in total. The number of nitrogens with one attached hydrogen (secondary N) is 1. The number of fused-ring (bicyclic) bond motifs is 1. The minimum absolute atomic E-state index is 0.279. The Hall–Kier alpha value is -1.67. The summed E-state index contributed by atoms with van der Waals surface area (Å²) in [5.41, 5.74) is 1.40. The second-order valence-corrected chi connectivity index (χ2v) is 8.00. The van der Waals surface area contributed by atoms with Crippen molar-refractivity contribution in [1.82, 2.24) is 24.1 Å². The minimum Gasteiger partial charge on any atom is -0.335 e. The van der Waals surface area contributed by atoms with E-state index in [1.807, 2.05) is 20.0 Å². The molecule has 0 spiro atoms. The summed E-state index contributed by atoms with van der Waals surface area (Å²) in [6.45, 7) is 5.23. The van der Waals surface area contributed by atoms with Gasteiger partial charge in [0.1, 0.15) is 10.7 Å². The lowest BCUT2D eigenvalue weighted by Gasteiger charge is -2.23. The number of nitrogens with zero attached hydrogens (tertiary/aromatic N) is 4. The van der Waals surface area contributed by atoms with E-state index in [0.717, 1.165) is 30.9 Å². The van der Waals surface area contributed by atoms with Gasteiger partial charge in [-0.1, -0.05) is 13.8 Å². The highest BCUT2D eigenvalue weighted by Crippen LogP contribution is 2.23. The van der Waals surface area contributed by atoms with Crippen LogP contribution in [0.25, 0.3) is 0 Å². The lowest BCUT2D eigenvalue weighted by Crippen LogP contribution is -2.33. The summed E-state index contributed by atoms with van der Waals surface area (Å²) in [5.74, 6) is 1.32. The maximum absolute atomic E-state index is 12.9. The largest absolute Gasteiger partial charge is 0.335 e. The van der Waals surface area contributed by atoms with Gasteiger partial charge in [0.25, 0.3) is 0 Å². The SMILES string of the molecule is CCc1nn(C)c(CC)c1S(=O)(=O)NC[C@H]1CCn2ccnc2C1. The Morgan fingerprint density at radius 1 is 1.33 bits per heavy atom. The third-order valence-corrected chi connectivity index (χ3v) is 6.29. The third kappa shape index (κ3) is 3.12. The van der Waals surface area contributed by atoms with Crippen LogP contribution in [0.1, 0.15) is 37.5 Å². The van der Waals surface area contributed by atoms with E-state index in [2.05, 4.69) is 19.4 Å². The maximum atomic E-state index is 12.9. The molecule has 1 aliphatic rings. The van der Waals surface area contributed by atoms with Gasteiger partial charge in [-0.25, -0.2) is 18.1 Å². The summed E-state index contributed by atoms with van der Waals surface area (Å²) in [7, 11) is -1.75. The normalized spacial score (nSPS) is 17.9. The fraction of sp³-hybridized carbons (Fsp3) is 0.625. The second-order valence-electron chi connectivity index (χ2n) is 6.30. The van der Waals surface area contributed by atoms with Crippen LogP contribution >= 0.6 is 0 Å². The quantitative estimate of drug-likeness (QED) is 0.850. The topological polar surface area (TPSA) is 81.8 Å². The molecular weight excluding hydrogens is 326 g/mol. The Morgan fingerprint density at radius 3 is 2.83 bits per heavy atom. The van der Waals surface area contributed by atoms with Crippen LogP contribution in [0, 0.1) is 5.92 Å². The standard InChI is InChI=1S/C16H25N5O2S/c1-4-13-16(14(5-2)20(3)19-13)24(22,23)18-11-12-6-8-21-9-7-17-15(21)10-12/h7,9,12,18H,4-6,8,10-11H2,1-3H3/t12-/m0/s1. The Kier molecular flexibility index (Phi) is 4.78. The number of rotatable bonds is 6. The molecule has 0 saturated carbocycles. The fourth-order valence-electron chi connectivity index (χ4n) is 3.42. The number of imidazole rings is 1. The van der Waals surface area contributed by atoms with Crippen LogP contribution in [-0.4, -0.2) is 34.3 Å². The fourth-order valence-corrected chi connectivity index (χ4v) is 5.10. The molecule has 0 aromatic carbocycles. The minimum atomic E-state index is -3.55. The van der Waals surface area contributed by atoms with Crippen LogP contribution < -0.4 is 4.72 Å². The Bertz CT molecular complexity index is 822. The first-order valence-electron chi connectivity index (χ1n) is 8.50. The average molecular weight is 351 g/mol. The second kappa shape index (κ2) is 6.68. The first kappa shape index (κ1) is 17.2. The lowest BCUT2D eigenvalue weighted by atomic mass is 9.98. The number of hydrogen-bond donors (Lipinski definition) is 1. The van der Waals surface area contributed by atoms with Gasteiger partial charge in [-0.3, -0.25) is 4.68 Å². The van der Waals surface area contributed by atoms with E-state index < -0.39 is 10.0 Å². The number of hydrogen-bond acceptors (Lipinski definition) is 4.